The Labute approximate surface area is 154 Å². The summed E-state index contributed by atoms with van der Waals surface area (Å²) in [7, 11) is -3.50. The van der Waals surface area contributed by atoms with E-state index in [1.807, 2.05) is 38.1 Å². The summed E-state index contributed by atoms with van der Waals surface area (Å²) in [6, 6.07) is 14.1. The van der Waals surface area contributed by atoms with Crippen molar-refractivity contribution in [2.75, 3.05) is 0 Å². The molecule has 3 rings (SSSR count). The van der Waals surface area contributed by atoms with Gasteiger partial charge in [0.1, 0.15) is 0 Å². The van der Waals surface area contributed by atoms with Crippen molar-refractivity contribution in [1.82, 2.24) is 10.0 Å². The quantitative estimate of drug-likeness (QED) is 0.783. The molecule has 6 heteroatoms. The number of aryl methyl sites for hydroxylation is 1. The highest BCUT2D eigenvalue weighted by Crippen LogP contribution is 2.22. The number of nitrogens with one attached hydrogen (secondary N) is 2. The molecule has 0 unspecified atom stereocenters. The van der Waals surface area contributed by atoms with Gasteiger partial charge in [0.15, 0.2) is 0 Å². The zero-order valence-electron chi connectivity index (χ0n) is 15.0. The van der Waals surface area contributed by atoms with Gasteiger partial charge >= 0.3 is 0 Å². The maximum atomic E-state index is 12.5. The van der Waals surface area contributed by atoms with Crippen molar-refractivity contribution in [3.63, 3.8) is 0 Å². The van der Waals surface area contributed by atoms with Gasteiger partial charge in [0, 0.05) is 11.6 Å². The Bertz CT molecular complexity index is 870. The molecule has 1 atom stereocenters. The topological polar surface area (TPSA) is 75.3 Å². The van der Waals surface area contributed by atoms with Crippen molar-refractivity contribution in [2.24, 2.45) is 0 Å². The van der Waals surface area contributed by atoms with Crippen molar-refractivity contribution in [3.05, 3.63) is 65.2 Å². The Morgan fingerprint density at radius 3 is 2.23 bits per heavy atom. The molecule has 2 N–H and O–H groups in total. The summed E-state index contributed by atoms with van der Waals surface area (Å²) in [6.45, 7) is 4.04. The molecule has 138 valence electrons. The maximum absolute atomic E-state index is 12.5. The molecule has 0 aromatic heterocycles. The first kappa shape index (κ1) is 18.6. The first-order chi connectivity index (χ1) is 12.4. The second-order valence-corrected chi connectivity index (χ2v) is 8.48. The maximum Gasteiger partial charge on any atom is 0.251 e. The van der Waals surface area contributed by atoms with E-state index in [-0.39, 0.29) is 22.9 Å². The fourth-order valence-electron chi connectivity index (χ4n) is 2.74. The second-order valence-electron chi connectivity index (χ2n) is 6.76. The SMILES string of the molecule is CC[C@H](NC(=O)c1ccc(S(=O)(=O)NC2CC2)cc1)c1ccc(C)cc1. The van der Waals surface area contributed by atoms with Gasteiger partial charge < -0.3 is 5.32 Å². The van der Waals surface area contributed by atoms with Crippen LogP contribution in [0.4, 0.5) is 0 Å². The number of benzene rings is 2. The minimum Gasteiger partial charge on any atom is -0.345 e. The van der Waals surface area contributed by atoms with E-state index >= 15 is 0 Å². The first-order valence-corrected chi connectivity index (χ1v) is 10.4. The minimum atomic E-state index is -3.50. The summed E-state index contributed by atoms with van der Waals surface area (Å²) in [6.07, 6.45) is 2.54. The zero-order chi connectivity index (χ0) is 18.7. The highest BCUT2D eigenvalue weighted by atomic mass is 32.2. The predicted molar refractivity (Wildman–Crippen MR) is 101 cm³/mol. The van der Waals surface area contributed by atoms with Crippen LogP contribution in [0.15, 0.2) is 53.4 Å². The van der Waals surface area contributed by atoms with Crippen LogP contribution in [0.2, 0.25) is 0 Å². The highest BCUT2D eigenvalue weighted by Gasteiger charge is 2.28. The van der Waals surface area contributed by atoms with Gasteiger partial charge in [0.05, 0.1) is 10.9 Å². The molecule has 0 bridgehead atoms. The highest BCUT2D eigenvalue weighted by molar-refractivity contribution is 7.89. The summed E-state index contributed by atoms with van der Waals surface area (Å²) >= 11 is 0. The van der Waals surface area contributed by atoms with Gasteiger partial charge in [-0.2, -0.15) is 0 Å². The smallest absolute Gasteiger partial charge is 0.251 e. The molecule has 0 spiro atoms. The van der Waals surface area contributed by atoms with Gasteiger partial charge in [-0.3, -0.25) is 4.79 Å². The lowest BCUT2D eigenvalue weighted by Crippen LogP contribution is -2.28. The molecule has 5 nitrogen and oxygen atoms in total. The molecule has 1 amide bonds. The fraction of sp³-hybridized carbons (Fsp3) is 0.350. The van der Waals surface area contributed by atoms with Crippen molar-refractivity contribution < 1.29 is 13.2 Å². The monoisotopic (exact) mass is 372 g/mol. The number of hydrogen-bond acceptors (Lipinski definition) is 3. The average Bonchev–Trinajstić information content (AvgIpc) is 3.44. The predicted octanol–water partition coefficient (Wildman–Crippen LogP) is 3.32. The van der Waals surface area contributed by atoms with E-state index in [0.29, 0.717) is 5.56 Å². The Hall–Kier alpha value is -2.18. The lowest BCUT2D eigenvalue weighted by atomic mass is 10.0. The average molecular weight is 372 g/mol. The van der Waals surface area contributed by atoms with E-state index in [1.165, 1.54) is 17.7 Å². The number of sulfonamides is 1. The molecule has 0 radical (unpaired) electrons. The molecule has 0 aliphatic heterocycles. The van der Waals surface area contributed by atoms with Crippen LogP contribution in [0.3, 0.4) is 0 Å². The van der Waals surface area contributed by atoms with Crippen LogP contribution in [0, 0.1) is 6.92 Å². The number of amides is 1. The Kier molecular flexibility index (Phi) is 5.44. The Morgan fingerprint density at radius 1 is 1.08 bits per heavy atom. The molecule has 1 aliphatic rings. The molecule has 0 heterocycles. The van der Waals surface area contributed by atoms with Crippen molar-refractivity contribution >= 4 is 15.9 Å². The first-order valence-electron chi connectivity index (χ1n) is 8.89. The number of hydrogen-bond donors (Lipinski definition) is 2. The van der Waals surface area contributed by atoms with Crippen LogP contribution in [-0.4, -0.2) is 20.4 Å². The summed E-state index contributed by atoms with van der Waals surface area (Å²) in [5.41, 5.74) is 2.67. The van der Waals surface area contributed by atoms with E-state index in [2.05, 4.69) is 10.0 Å². The van der Waals surface area contributed by atoms with Gasteiger partial charge in [-0.25, -0.2) is 13.1 Å². The van der Waals surface area contributed by atoms with Crippen molar-refractivity contribution in [3.8, 4) is 0 Å². The van der Waals surface area contributed by atoms with E-state index in [4.69, 9.17) is 0 Å². The van der Waals surface area contributed by atoms with Crippen LogP contribution in [-0.2, 0) is 10.0 Å². The molecule has 2 aromatic carbocycles. The molecule has 0 saturated heterocycles. The van der Waals surface area contributed by atoms with Crippen LogP contribution in [0.25, 0.3) is 0 Å². The molecule has 2 aromatic rings. The summed E-state index contributed by atoms with van der Waals surface area (Å²) in [4.78, 5) is 12.7. The minimum absolute atomic E-state index is 0.0581. The van der Waals surface area contributed by atoms with E-state index in [0.717, 1.165) is 24.8 Å². The third-order valence-corrected chi connectivity index (χ3v) is 6.06. The molecule has 1 aliphatic carbocycles. The van der Waals surface area contributed by atoms with Crippen molar-refractivity contribution in [1.29, 1.82) is 0 Å². The number of carbonyl (C=O) groups is 1. The van der Waals surface area contributed by atoms with Crippen molar-refractivity contribution in [2.45, 2.75) is 50.1 Å². The van der Waals surface area contributed by atoms with E-state index in [1.54, 1.807) is 12.1 Å². The van der Waals surface area contributed by atoms with E-state index < -0.39 is 10.0 Å². The Morgan fingerprint density at radius 2 is 1.69 bits per heavy atom. The molecule has 26 heavy (non-hydrogen) atoms. The van der Waals surface area contributed by atoms with Crippen LogP contribution < -0.4 is 10.0 Å². The number of rotatable bonds is 7. The zero-order valence-corrected chi connectivity index (χ0v) is 15.8. The third-order valence-electron chi connectivity index (χ3n) is 4.52. The standard InChI is InChI=1S/C20H24N2O3S/c1-3-19(15-6-4-14(2)5-7-15)21-20(23)16-8-12-18(13-9-16)26(24,25)22-17-10-11-17/h4-9,12-13,17,19,22H,3,10-11H2,1-2H3,(H,21,23)/t19-/m0/s1. The van der Waals surface area contributed by atoms with Crippen LogP contribution >= 0.6 is 0 Å². The van der Waals surface area contributed by atoms with Crippen LogP contribution in [0.5, 0.6) is 0 Å². The van der Waals surface area contributed by atoms with E-state index in [9.17, 15) is 13.2 Å². The lowest BCUT2D eigenvalue weighted by molar-refractivity contribution is 0.0935. The van der Waals surface area contributed by atoms with Gasteiger partial charge in [0.25, 0.3) is 5.91 Å². The fourth-order valence-corrected chi connectivity index (χ4v) is 4.04. The number of carbonyl (C=O) groups excluding carboxylic acids is 1. The Balaban J connectivity index is 1.69. The second kappa shape index (κ2) is 7.60. The molecular formula is C20H24N2O3S. The van der Waals surface area contributed by atoms with Gasteiger partial charge in [0.2, 0.25) is 10.0 Å². The summed E-state index contributed by atoms with van der Waals surface area (Å²) in [5.74, 6) is -0.212. The lowest BCUT2D eigenvalue weighted by Gasteiger charge is -2.18. The summed E-state index contributed by atoms with van der Waals surface area (Å²) < 4.78 is 27.0. The third kappa shape index (κ3) is 4.51. The largest absolute Gasteiger partial charge is 0.345 e. The molecule has 1 fully saturated rings. The van der Waals surface area contributed by atoms with Gasteiger partial charge in [-0.1, -0.05) is 36.8 Å². The van der Waals surface area contributed by atoms with Gasteiger partial charge in [-0.05, 0) is 56.0 Å². The molecular weight excluding hydrogens is 348 g/mol. The van der Waals surface area contributed by atoms with Crippen LogP contribution in [0.1, 0.15) is 53.7 Å². The van der Waals surface area contributed by atoms with Gasteiger partial charge in [-0.15, -0.1) is 0 Å². The molecule has 1 saturated carbocycles. The normalized spacial score (nSPS) is 15.5. The summed E-state index contributed by atoms with van der Waals surface area (Å²) in [5, 5.41) is 3.02.